The van der Waals surface area contributed by atoms with E-state index in [1.54, 1.807) is 5.57 Å². The van der Waals surface area contributed by atoms with Gasteiger partial charge >= 0.3 is 0 Å². The van der Waals surface area contributed by atoms with Gasteiger partial charge in [0.15, 0.2) is 0 Å². The standard InChI is InChI=1S/C37H64O7S/c1-22(2)7-6-8-23(3)27-11-12-28-26-10-9-24-21-25(13-16-36(24,4)29(26)14-17-37(27,28)5)43-20-19-42-18-15-30(38)34-32(40)31(39)33(41)35(45)44-34/h9,22-23,25-35,38-41,45H,6-8,10-21H2,1-5H3/t23-,25+,26?,27-,28?,29?,30?,31+,32+,33+,34-,35+,36+,37-/m1/s1. The Morgan fingerprint density at radius 2 is 1.69 bits per heavy atom. The zero-order valence-electron chi connectivity index (χ0n) is 28.7. The molecule has 0 aromatic rings. The maximum atomic E-state index is 10.5. The molecule has 0 aromatic heterocycles. The van der Waals surface area contributed by atoms with E-state index in [-0.39, 0.29) is 19.1 Å². The molecule has 0 aromatic carbocycles. The highest BCUT2D eigenvalue weighted by molar-refractivity contribution is 7.80. The Morgan fingerprint density at radius 1 is 0.911 bits per heavy atom. The first-order valence-corrected chi connectivity index (χ1v) is 18.8. The number of aliphatic hydroxyl groups excluding tert-OH is 4. The molecule has 0 amide bonds. The second-order valence-corrected chi connectivity index (χ2v) is 17.0. The Kier molecular flexibility index (Phi) is 12.1. The van der Waals surface area contributed by atoms with E-state index in [0.717, 1.165) is 48.3 Å². The van der Waals surface area contributed by atoms with E-state index in [0.29, 0.717) is 24.0 Å². The summed E-state index contributed by atoms with van der Waals surface area (Å²) in [7, 11) is 0. The summed E-state index contributed by atoms with van der Waals surface area (Å²) in [6.45, 7) is 13.8. The third kappa shape index (κ3) is 7.54. The van der Waals surface area contributed by atoms with Crippen molar-refractivity contribution in [2.24, 2.45) is 46.3 Å². The minimum Gasteiger partial charge on any atom is -0.390 e. The van der Waals surface area contributed by atoms with E-state index in [2.05, 4.69) is 53.3 Å². The molecule has 8 heteroatoms. The van der Waals surface area contributed by atoms with Crippen LogP contribution in [0.5, 0.6) is 0 Å². The molecule has 3 saturated carbocycles. The number of rotatable bonds is 13. The van der Waals surface area contributed by atoms with Gasteiger partial charge in [-0.2, -0.15) is 0 Å². The average molecular weight is 653 g/mol. The molecule has 7 nitrogen and oxygen atoms in total. The number of thiol groups is 1. The summed E-state index contributed by atoms with van der Waals surface area (Å²) in [4.78, 5) is 0. The van der Waals surface area contributed by atoms with Gasteiger partial charge in [0.2, 0.25) is 0 Å². The Balaban J connectivity index is 1.05. The normalized spacial score (nSPS) is 44.6. The molecule has 1 heterocycles. The third-order valence-corrected chi connectivity index (χ3v) is 13.8. The van der Waals surface area contributed by atoms with Gasteiger partial charge in [0.1, 0.15) is 29.9 Å². The van der Waals surface area contributed by atoms with Crippen molar-refractivity contribution in [1.82, 2.24) is 0 Å². The van der Waals surface area contributed by atoms with Crippen molar-refractivity contribution in [2.45, 2.75) is 154 Å². The zero-order chi connectivity index (χ0) is 32.5. The zero-order valence-corrected chi connectivity index (χ0v) is 29.5. The molecule has 5 aliphatic rings. The smallest absolute Gasteiger partial charge is 0.129 e. The van der Waals surface area contributed by atoms with Gasteiger partial charge < -0.3 is 34.6 Å². The fraction of sp³-hybridized carbons (Fsp3) is 0.946. The van der Waals surface area contributed by atoms with Crippen molar-refractivity contribution in [1.29, 1.82) is 0 Å². The molecule has 14 atom stereocenters. The SMILES string of the molecule is CC(C)CCC[C@@H](C)[C@H]1CCC2C3CC=C4C[C@@H](OCCOCCC(O)[C@H]5O[C@@H](S)[C@@H](O)[C@@H](O)[C@@H]5O)CC[C@]4(C)C3CC[C@@]21C. The summed E-state index contributed by atoms with van der Waals surface area (Å²) in [6, 6.07) is 0. The fourth-order valence-electron chi connectivity index (χ4n) is 10.7. The van der Waals surface area contributed by atoms with Crippen molar-refractivity contribution in [3.05, 3.63) is 11.6 Å². The molecule has 1 aliphatic heterocycles. The second-order valence-electron chi connectivity index (χ2n) is 16.5. The fourth-order valence-corrected chi connectivity index (χ4v) is 11.1. The Bertz CT molecular complexity index is 992. The quantitative estimate of drug-likeness (QED) is 0.0956. The van der Waals surface area contributed by atoms with E-state index in [9.17, 15) is 20.4 Å². The first kappa shape index (κ1) is 36.1. The van der Waals surface area contributed by atoms with Crippen LogP contribution in [-0.4, -0.2) is 82.3 Å². The van der Waals surface area contributed by atoms with E-state index in [4.69, 9.17) is 14.2 Å². The number of fused-ring (bicyclic) bond motifs is 5. The van der Waals surface area contributed by atoms with Gasteiger partial charge in [-0.25, -0.2) is 0 Å². The topological polar surface area (TPSA) is 109 Å². The number of ether oxygens (including phenoxy) is 3. The van der Waals surface area contributed by atoms with Gasteiger partial charge in [-0.05, 0) is 104 Å². The van der Waals surface area contributed by atoms with Crippen molar-refractivity contribution in [3.63, 3.8) is 0 Å². The van der Waals surface area contributed by atoms with Crippen molar-refractivity contribution >= 4 is 12.6 Å². The Labute approximate surface area is 278 Å². The molecule has 5 rings (SSSR count). The number of allylic oxidation sites excluding steroid dienone is 1. The van der Waals surface area contributed by atoms with E-state index < -0.39 is 36.0 Å². The van der Waals surface area contributed by atoms with Crippen molar-refractivity contribution < 1.29 is 34.6 Å². The lowest BCUT2D eigenvalue weighted by molar-refractivity contribution is -0.222. The summed E-state index contributed by atoms with van der Waals surface area (Å²) in [6.07, 6.45) is 11.4. The highest BCUT2D eigenvalue weighted by Gasteiger charge is 2.59. The molecule has 45 heavy (non-hydrogen) atoms. The molecule has 0 radical (unpaired) electrons. The maximum absolute atomic E-state index is 10.5. The molecule has 4 N–H and O–H groups in total. The van der Waals surface area contributed by atoms with Crippen LogP contribution < -0.4 is 0 Å². The summed E-state index contributed by atoms with van der Waals surface area (Å²) in [5.41, 5.74) is 1.52. The molecule has 260 valence electrons. The lowest BCUT2D eigenvalue weighted by atomic mass is 9.47. The highest BCUT2D eigenvalue weighted by atomic mass is 32.1. The van der Waals surface area contributed by atoms with Gasteiger partial charge in [-0.15, -0.1) is 12.6 Å². The minimum absolute atomic E-state index is 0.234. The van der Waals surface area contributed by atoms with E-state index in [1.165, 1.54) is 57.8 Å². The van der Waals surface area contributed by atoms with E-state index >= 15 is 0 Å². The van der Waals surface area contributed by atoms with E-state index in [1.807, 2.05) is 0 Å². The molecule has 1 saturated heterocycles. The second kappa shape index (κ2) is 15.1. The van der Waals surface area contributed by atoms with Crippen LogP contribution in [0.3, 0.4) is 0 Å². The van der Waals surface area contributed by atoms with Gasteiger partial charge in [-0.3, -0.25) is 0 Å². The van der Waals surface area contributed by atoms with Crippen molar-refractivity contribution in [3.8, 4) is 0 Å². The molecule has 0 spiro atoms. The van der Waals surface area contributed by atoms with Crippen LogP contribution in [0.25, 0.3) is 0 Å². The summed E-state index contributed by atoms with van der Waals surface area (Å²) in [5.74, 6) is 5.12. The monoisotopic (exact) mass is 652 g/mol. The molecular formula is C37H64O7S. The first-order valence-electron chi connectivity index (χ1n) is 18.3. The lowest BCUT2D eigenvalue weighted by Gasteiger charge is -2.58. The number of hydrogen-bond acceptors (Lipinski definition) is 8. The summed E-state index contributed by atoms with van der Waals surface area (Å²) in [5, 5.41) is 40.4. The van der Waals surface area contributed by atoms with Crippen LogP contribution in [0.2, 0.25) is 0 Å². The van der Waals surface area contributed by atoms with Crippen molar-refractivity contribution in [2.75, 3.05) is 19.8 Å². The number of aliphatic hydroxyl groups is 4. The Morgan fingerprint density at radius 3 is 2.44 bits per heavy atom. The summed E-state index contributed by atoms with van der Waals surface area (Å²) < 4.78 is 17.4. The third-order valence-electron chi connectivity index (χ3n) is 13.4. The first-order chi connectivity index (χ1) is 21.4. The highest BCUT2D eigenvalue weighted by Crippen LogP contribution is 2.67. The maximum Gasteiger partial charge on any atom is 0.129 e. The van der Waals surface area contributed by atoms with Gasteiger partial charge in [0.05, 0.1) is 25.4 Å². The van der Waals surface area contributed by atoms with Crippen LogP contribution in [0.4, 0.5) is 0 Å². The van der Waals surface area contributed by atoms with Crippen LogP contribution >= 0.6 is 12.6 Å². The molecule has 4 unspecified atom stereocenters. The predicted molar refractivity (Wildman–Crippen MR) is 180 cm³/mol. The van der Waals surface area contributed by atoms with Crippen LogP contribution in [0, 0.1) is 46.3 Å². The van der Waals surface area contributed by atoms with Crippen LogP contribution in [0.1, 0.15) is 112 Å². The lowest BCUT2D eigenvalue weighted by Crippen LogP contribution is -2.59. The minimum atomic E-state index is -1.41. The predicted octanol–water partition coefficient (Wildman–Crippen LogP) is 5.92. The van der Waals surface area contributed by atoms with Crippen LogP contribution in [-0.2, 0) is 14.2 Å². The molecule has 4 aliphatic carbocycles. The van der Waals surface area contributed by atoms with Gasteiger partial charge in [-0.1, -0.05) is 65.5 Å². The van der Waals surface area contributed by atoms with Gasteiger partial charge in [0, 0.05) is 6.61 Å². The molecule has 4 fully saturated rings. The average Bonchev–Trinajstić information content (AvgIpc) is 3.36. The summed E-state index contributed by atoms with van der Waals surface area (Å²) >= 11 is 4.09. The number of hydrogen-bond donors (Lipinski definition) is 5. The molecular weight excluding hydrogens is 588 g/mol. The molecule has 0 bridgehead atoms. The van der Waals surface area contributed by atoms with Gasteiger partial charge in [0.25, 0.3) is 0 Å². The van der Waals surface area contributed by atoms with Crippen LogP contribution in [0.15, 0.2) is 11.6 Å². The Hall–Kier alpha value is -0.190. The largest absolute Gasteiger partial charge is 0.390 e.